The third-order valence-electron chi connectivity index (χ3n) is 4.30. The Bertz CT molecular complexity index is 1000. The summed E-state index contributed by atoms with van der Waals surface area (Å²) in [6.07, 6.45) is -0.433. The minimum absolute atomic E-state index is 0.186. The maximum absolute atomic E-state index is 12.6. The second-order valence-corrected chi connectivity index (χ2v) is 6.53. The lowest BCUT2D eigenvalue weighted by Gasteiger charge is -2.19. The van der Waals surface area contributed by atoms with Crippen molar-refractivity contribution < 1.29 is 14.7 Å². The van der Waals surface area contributed by atoms with Gasteiger partial charge in [-0.2, -0.15) is 5.26 Å². The molecule has 2 aromatic rings. The number of fused-ring (bicyclic) bond motifs is 1. The molecular weight excluding hydrogens is 378 g/mol. The molecule has 1 aliphatic heterocycles. The summed E-state index contributed by atoms with van der Waals surface area (Å²) in [5.74, 6) is -1.12. The Labute approximate surface area is 166 Å². The first-order valence-corrected chi connectivity index (χ1v) is 8.74. The van der Waals surface area contributed by atoms with Gasteiger partial charge < -0.3 is 26.4 Å². The number of nitriles is 1. The number of hydrogen-bond acceptors (Lipinski definition) is 5. The van der Waals surface area contributed by atoms with Crippen molar-refractivity contribution in [2.45, 2.75) is 12.0 Å². The van der Waals surface area contributed by atoms with E-state index in [-0.39, 0.29) is 22.8 Å². The molecule has 0 aromatic heterocycles. The van der Waals surface area contributed by atoms with Crippen molar-refractivity contribution in [2.24, 2.45) is 0 Å². The molecule has 0 aliphatic carbocycles. The Morgan fingerprint density at radius 1 is 1.29 bits per heavy atom. The summed E-state index contributed by atoms with van der Waals surface area (Å²) in [5.41, 5.74) is -0.449. The molecule has 1 aliphatic rings. The zero-order valence-electron chi connectivity index (χ0n) is 14.9. The predicted molar refractivity (Wildman–Crippen MR) is 109 cm³/mol. The van der Waals surface area contributed by atoms with Crippen LogP contribution in [0.25, 0.3) is 0 Å². The molecule has 28 heavy (non-hydrogen) atoms. The monoisotopic (exact) mass is 395 g/mol. The van der Waals surface area contributed by atoms with Gasteiger partial charge in [-0.15, -0.1) is 0 Å². The highest BCUT2D eigenvalue weighted by Crippen LogP contribution is 2.44. The second-order valence-electron chi connectivity index (χ2n) is 6.12. The van der Waals surface area contributed by atoms with E-state index in [0.29, 0.717) is 16.4 Å². The molecular formula is C19H17N5O3S. The van der Waals surface area contributed by atoms with Crippen LogP contribution in [0.5, 0.6) is 0 Å². The molecule has 0 bridgehead atoms. The second kappa shape index (κ2) is 7.64. The SMILES string of the molecule is CNC(=S)Nc1cc(NC(=O)c2ccccc2)c2c(c1)C(O)(CC#N)C(=O)N2. The highest BCUT2D eigenvalue weighted by Gasteiger charge is 2.46. The average molecular weight is 395 g/mol. The van der Waals surface area contributed by atoms with Crippen LogP contribution in [0.3, 0.4) is 0 Å². The molecule has 0 spiro atoms. The van der Waals surface area contributed by atoms with E-state index in [1.165, 1.54) is 6.07 Å². The number of nitrogens with zero attached hydrogens (tertiary/aromatic N) is 1. The largest absolute Gasteiger partial charge is 0.374 e. The maximum atomic E-state index is 12.6. The molecule has 0 radical (unpaired) electrons. The molecule has 5 N–H and O–H groups in total. The number of carbonyl (C=O) groups is 2. The summed E-state index contributed by atoms with van der Waals surface area (Å²) in [5, 5.41) is 31.1. The lowest BCUT2D eigenvalue weighted by atomic mass is 9.91. The number of aliphatic hydroxyl groups is 1. The lowest BCUT2D eigenvalue weighted by molar-refractivity contribution is -0.133. The summed E-state index contributed by atoms with van der Waals surface area (Å²) in [4.78, 5) is 24.9. The molecule has 1 unspecified atom stereocenters. The first kappa shape index (κ1) is 19.3. The zero-order valence-corrected chi connectivity index (χ0v) is 15.7. The number of anilines is 3. The first-order chi connectivity index (χ1) is 13.4. The van der Waals surface area contributed by atoms with Crippen molar-refractivity contribution >= 4 is 46.2 Å². The molecule has 0 saturated carbocycles. The van der Waals surface area contributed by atoms with Crippen LogP contribution in [0.15, 0.2) is 42.5 Å². The van der Waals surface area contributed by atoms with E-state index in [1.54, 1.807) is 43.4 Å². The summed E-state index contributed by atoms with van der Waals surface area (Å²) in [6, 6.07) is 13.5. The molecule has 2 amide bonds. The van der Waals surface area contributed by atoms with Crippen LogP contribution < -0.4 is 21.3 Å². The number of hydrogen-bond donors (Lipinski definition) is 5. The van der Waals surface area contributed by atoms with Crippen LogP contribution in [0.2, 0.25) is 0 Å². The quantitative estimate of drug-likeness (QED) is 0.501. The van der Waals surface area contributed by atoms with Crippen molar-refractivity contribution in [1.82, 2.24) is 5.32 Å². The van der Waals surface area contributed by atoms with Gasteiger partial charge in [0, 0.05) is 23.9 Å². The van der Waals surface area contributed by atoms with Crippen molar-refractivity contribution in [3.05, 3.63) is 53.6 Å². The fourth-order valence-electron chi connectivity index (χ4n) is 2.88. The van der Waals surface area contributed by atoms with E-state index in [2.05, 4.69) is 21.3 Å². The Morgan fingerprint density at radius 3 is 2.64 bits per heavy atom. The standard InChI is InChI=1S/C19H17N5O3S/c1-21-18(28)22-12-9-13-15(24-17(26)19(13,27)7-8-20)14(10-12)23-16(25)11-5-3-2-4-6-11/h2-6,9-10,27H,7H2,1H3,(H,23,25)(H,24,26)(H2,21,22,28). The fraction of sp³-hybridized carbons (Fsp3) is 0.158. The van der Waals surface area contributed by atoms with E-state index in [1.807, 2.05) is 6.07 Å². The van der Waals surface area contributed by atoms with E-state index in [0.717, 1.165) is 0 Å². The van der Waals surface area contributed by atoms with Crippen molar-refractivity contribution in [3.63, 3.8) is 0 Å². The molecule has 1 atom stereocenters. The number of thiocarbonyl (C=S) groups is 1. The highest BCUT2D eigenvalue weighted by molar-refractivity contribution is 7.80. The number of carbonyl (C=O) groups excluding carboxylic acids is 2. The van der Waals surface area contributed by atoms with Gasteiger partial charge in [-0.25, -0.2) is 0 Å². The summed E-state index contributed by atoms with van der Waals surface area (Å²) < 4.78 is 0. The number of amides is 2. The van der Waals surface area contributed by atoms with Crippen LogP contribution >= 0.6 is 12.2 Å². The average Bonchev–Trinajstić information content (AvgIpc) is 2.94. The van der Waals surface area contributed by atoms with Gasteiger partial charge in [-0.1, -0.05) is 18.2 Å². The van der Waals surface area contributed by atoms with Gasteiger partial charge >= 0.3 is 0 Å². The highest BCUT2D eigenvalue weighted by atomic mass is 32.1. The molecule has 2 aromatic carbocycles. The molecule has 8 nitrogen and oxygen atoms in total. The summed E-state index contributed by atoms with van der Waals surface area (Å²) in [7, 11) is 1.64. The minimum Gasteiger partial charge on any atom is -0.374 e. The van der Waals surface area contributed by atoms with E-state index in [4.69, 9.17) is 17.5 Å². The maximum Gasteiger partial charge on any atom is 0.262 e. The Kier molecular flexibility index (Phi) is 5.26. The summed E-state index contributed by atoms with van der Waals surface area (Å²) >= 11 is 5.10. The summed E-state index contributed by atoms with van der Waals surface area (Å²) in [6.45, 7) is 0. The Morgan fingerprint density at radius 2 is 2.00 bits per heavy atom. The van der Waals surface area contributed by atoms with Gasteiger partial charge in [0.15, 0.2) is 10.7 Å². The van der Waals surface area contributed by atoms with Crippen molar-refractivity contribution in [1.29, 1.82) is 5.26 Å². The van der Waals surface area contributed by atoms with Gasteiger partial charge in [0.1, 0.15) is 0 Å². The first-order valence-electron chi connectivity index (χ1n) is 8.33. The minimum atomic E-state index is -2.02. The van der Waals surface area contributed by atoms with Gasteiger partial charge in [0.25, 0.3) is 11.8 Å². The normalized spacial score (nSPS) is 17.1. The van der Waals surface area contributed by atoms with E-state index in [9.17, 15) is 14.7 Å². The molecule has 3 rings (SSSR count). The van der Waals surface area contributed by atoms with Gasteiger partial charge in [0.2, 0.25) is 0 Å². The molecule has 0 saturated heterocycles. The Hall–Kier alpha value is -3.48. The van der Waals surface area contributed by atoms with Crippen LogP contribution in [0.1, 0.15) is 22.3 Å². The fourth-order valence-corrected chi connectivity index (χ4v) is 3.00. The molecule has 0 fully saturated rings. The predicted octanol–water partition coefficient (Wildman–Crippen LogP) is 1.91. The van der Waals surface area contributed by atoms with Crippen LogP contribution in [-0.2, 0) is 10.4 Å². The van der Waals surface area contributed by atoms with Crippen LogP contribution in [0.4, 0.5) is 17.1 Å². The van der Waals surface area contributed by atoms with E-state index < -0.39 is 17.9 Å². The van der Waals surface area contributed by atoms with Gasteiger partial charge in [-0.05, 0) is 36.5 Å². The number of benzene rings is 2. The number of rotatable bonds is 4. The van der Waals surface area contributed by atoms with Crippen molar-refractivity contribution in [3.8, 4) is 6.07 Å². The molecule has 1 heterocycles. The van der Waals surface area contributed by atoms with Crippen molar-refractivity contribution in [2.75, 3.05) is 23.0 Å². The molecule has 142 valence electrons. The van der Waals surface area contributed by atoms with Crippen LogP contribution in [0, 0.1) is 11.3 Å². The van der Waals surface area contributed by atoms with Gasteiger partial charge in [0.05, 0.1) is 23.9 Å². The molecule has 9 heteroatoms. The third kappa shape index (κ3) is 3.51. The zero-order chi connectivity index (χ0) is 20.3. The van der Waals surface area contributed by atoms with Crippen LogP contribution in [-0.4, -0.2) is 29.1 Å². The lowest BCUT2D eigenvalue weighted by Crippen LogP contribution is -2.33. The third-order valence-corrected chi connectivity index (χ3v) is 4.61. The van der Waals surface area contributed by atoms with Gasteiger partial charge in [-0.3, -0.25) is 9.59 Å². The number of nitrogens with one attached hydrogen (secondary N) is 4. The topological polar surface area (TPSA) is 126 Å². The van der Waals surface area contributed by atoms with E-state index >= 15 is 0 Å². The smallest absolute Gasteiger partial charge is 0.262 e. The Balaban J connectivity index is 2.07.